The van der Waals surface area contributed by atoms with Gasteiger partial charge in [0.1, 0.15) is 12.2 Å². The predicted octanol–water partition coefficient (Wildman–Crippen LogP) is 5.38. The summed E-state index contributed by atoms with van der Waals surface area (Å²) in [6, 6.07) is 30.3. The first-order valence-corrected chi connectivity index (χ1v) is 15.7. The van der Waals surface area contributed by atoms with E-state index in [-0.39, 0.29) is 21.2 Å². The van der Waals surface area contributed by atoms with Gasteiger partial charge in [-0.15, -0.1) is 0 Å². The number of fused-ring (bicyclic) bond motifs is 1. The number of sulfonamides is 2. The fraction of sp³-hybridized carbons (Fsp3) is 0.0333. The minimum atomic E-state index is -4.39. The predicted molar refractivity (Wildman–Crippen MR) is 164 cm³/mol. The number of anilines is 3. The molecule has 0 aliphatic heterocycles. The lowest BCUT2D eigenvalue weighted by Crippen LogP contribution is -2.38. The minimum absolute atomic E-state index is 0.0633. The van der Waals surface area contributed by atoms with Crippen molar-refractivity contribution in [3.05, 3.63) is 131 Å². The molecule has 0 atom stereocenters. The van der Waals surface area contributed by atoms with Crippen molar-refractivity contribution in [1.82, 2.24) is 0 Å². The average Bonchev–Trinajstić information content (AvgIpc) is 3.00. The summed E-state index contributed by atoms with van der Waals surface area (Å²) in [6.45, 7) is -0.787. The van der Waals surface area contributed by atoms with E-state index in [1.807, 2.05) is 18.2 Å². The number of para-hydroxylation sites is 2. The van der Waals surface area contributed by atoms with E-state index in [4.69, 9.17) is 0 Å². The van der Waals surface area contributed by atoms with E-state index in [1.165, 1.54) is 66.7 Å². The van der Waals surface area contributed by atoms with Crippen LogP contribution in [0.5, 0.6) is 0 Å². The van der Waals surface area contributed by atoms with Crippen LogP contribution < -0.4 is 14.3 Å². The smallest absolute Gasteiger partial charge is 0.293 e. The number of nitro groups is 1. The van der Waals surface area contributed by atoms with Crippen molar-refractivity contribution >= 4 is 59.5 Å². The number of hydrogen-bond acceptors (Lipinski definition) is 7. The zero-order valence-electron chi connectivity index (χ0n) is 22.3. The molecule has 11 nitrogen and oxygen atoms in total. The summed E-state index contributed by atoms with van der Waals surface area (Å²) in [5.74, 6) is -0.804. The molecule has 0 aliphatic carbocycles. The van der Waals surface area contributed by atoms with Gasteiger partial charge in [-0.2, -0.15) is 0 Å². The third-order valence-electron chi connectivity index (χ3n) is 6.45. The number of rotatable bonds is 10. The van der Waals surface area contributed by atoms with E-state index < -0.39 is 43.1 Å². The summed E-state index contributed by atoms with van der Waals surface area (Å²) in [5, 5.41) is 15.8. The summed E-state index contributed by atoms with van der Waals surface area (Å²) in [5.41, 5.74) is -0.186. The number of carbonyl (C=O) groups excluding carboxylic acids is 1. The summed E-state index contributed by atoms with van der Waals surface area (Å²) in [4.78, 5) is 23.8. The second kappa shape index (κ2) is 11.9. The zero-order valence-corrected chi connectivity index (χ0v) is 24.0. The molecule has 0 saturated heterocycles. The molecule has 0 radical (unpaired) electrons. The lowest BCUT2D eigenvalue weighted by molar-refractivity contribution is -0.384. The molecule has 0 saturated carbocycles. The van der Waals surface area contributed by atoms with E-state index in [9.17, 15) is 31.7 Å². The molecule has 0 bridgehead atoms. The molecule has 0 fully saturated rings. The number of amides is 1. The molecule has 13 heteroatoms. The van der Waals surface area contributed by atoms with Crippen LogP contribution in [0.1, 0.15) is 0 Å². The van der Waals surface area contributed by atoms with Crippen LogP contribution in [-0.2, 0) is 24.8 Å². The van der Waals surface area contributed by atoms with E-state index >= 15 is 0 Å². The van der Waals surface area contributed by atoms with Crippen LogP contribution in [0.3, 0.4) is 0 Å². The Morgan fingerprint density at radius 2 is 1.35 bits per heavy atom. The number of nitrogens with one attached hydrogen (secondary N) is 2. The lowest BCUT2D eigenvalue weighted by atomic mass is 10.1. The number of nitro benzene ring substituents is 1. The van der Waals surface area contributed by atoms with E-state index in [1.54, 1.807) is 30.3 Å². The Balaban J connectivity index is 1.37. The van der Waals surface area contributed by atoms with Crippen LogP contribution in [0, 0.1) is 10.1 Å². The van der Waals surface area contributed by atoms with Crippen LogP contribution in [0.2, 0.25) is 0 Å². The molecule has 5 aromatic carbocycles. The molecule has 1 amide bonds. The molecule has 5 rings (SSSR count). The Bertz CT molecular complexity index is 2030. The number of carbonyl (C=O) groups is 1. The quantitative estimate of drug-likeness (QED) is 0.158. The molecule has 5 aromatic rings. The van der Waals surface area contributed by atoms with Gasteiger partial charge in [0.2, 0.25) is 5.91 Å². The minimum Gasteiger partial charge on any atom is -0.325 e. The van der Waals surface area contributed by atoms with Gasteiger partial charge < -0.3 is 5.32 Å². The van der Waals surface area contributed by atoms with E-state index in [2.05, 4.69) is 10.0 Å². The molecule has 0 unspecified atom stereocenters. The molecule has 43 heavy (non-hydrogen) atoms. The fourth-order valence-corrected chi connectivity index (χ4v) is 6.95. The number of nitrogens with zero attached hydrogens (tertiary/aromatic N) is 2. The van der Waals surface area contributed by atoms with Crippen LogP contribution in [0.25, 0.3) is 10.8 Å². The van der Waals surface area contributed by atoms with Crippen LogP contribution in [0.4, 0.5) is 22.7 Å². The SMILES string of the molecule is O=C(CN(c1ccccc1[N+](=O)[O-])S(=O)(=O)c1ccccc1)Nc1ccc(S(=O)(=O)Nc2cccc3ccccc23)cc1. The third-order valence-corrected chi connectivity index (χ3v) is 9.60. The second-order valence-electron chi connectivity index (χ2n) is 9.28. The Labute approximate surface area is 247 Å². The normalized spacial score (nSPS) is 11.5. The van der Waals surface area contributed by atoms with E-state index in [0.29, 0.717) is 9.99 Å². The molecule has 0 spiro atoms. The van der Waals surface area contributed by atoms with Gasteiger partial charge in [-0.25, -0.2) is 21.1 Å². The molecule has 0 aliphatic rings. The van der Waals surface area contributed by atoms with Crippen molar-refractivity contribution < 1.29 is 26.6 Å². The molecule has 0 heterocycles. The van der Waals surface area contributed by atoms with Crippen LogP contribution >= 0.6 is 0 Å². The maximum absolute atomic E-state index is 13.5. The van der Waals surface area contributed by atoms with E-state index in [0.717, 1.165) is 16.8 Å². The lowest BCUT2D eigenvalue weighted by Gasteiger charge is -2.23. The van der Waals surface area contributed by atoms with Gasteiger partial charge in [0.15, 0.2) is 0 Å². The Morgan fingerprint density at radius 3 is 2.07 bits per heavy atom. The van der Waals surface area contributed by atoms with Crippen molar-refractivity contribution in [1.29, 1.82) is 0 Å². The maximum Gasteiger partial charge on any atom is 0.293 e. The first-order chi connectivity index (χ1) is 20.6. The van der Waals surface area contributed by atoms with Crippen molar-refractivity contribution in [2.24, 2.45) is 0 Å². The van der Waals surface area contributed by atoms with Gasteiger partial charge in [0.25, 0.3) is 25.7 Å². The maximum atomic E-state index is 13.5. The summed E-state index contributed by atoms with van der Waals surface area (Å²) in [7, 11) is -8.37. The monoisotopic (exact) mass is 616 g/mol. The van der Waals surface area contributed by atoms with Gasteiger partial charge >= 0.3 is 0 Å². The molecular formula is C30H24N4O7S2. The zero-order chi connectivity index (χ0) is 30.6. The number of hydrogen-bond donors (Lipinski definition) is 2. The van der Waals surface area contributed by atoms with Crippen molar-refractivity contribution in [3.8, 4) is 0 Å². The third kappa shape index (κ3) is 6.32. The molecular weight excluding hydrogens is 592 g/mol. The summed E-state index contributed by atoms with van der Waals surface area (Å²) < 4.78 is 56.5. The van der Waals surface area contributed by atoms with Crippen molar-refractivity contribution in [2.75, 3.05) is 20.9 Å². The van der Waals surface area contributed by atoms with Crippen molar-refractivity contribution in [2.45, 2.75) is 9.79 Å². The van der Waals surface area contributed by atoms with Gasteiger partial charge in [-0.05, 0) is 53.9 Å². The Hall–Kier alpha value is -5.27. The highest BCUT2D eigenvalue weighted by molar-refractivity contribution is 7.93. The largest absolute Gasteiger partial charge is 0.325 e. The highest BCUT2D eigenvalue weighted by Crippen LogP contribution is 2.32. The van der Waals surface area contributed by atoms with Crippen molar-refractivity contribution in [3.63, 3.8) is 0 Å². The van der Waals surface area contributed by atoms with Crippen LogP contribution in [0.15, 0.2) is 131 Å². The standard InChI is InChI=1S/C30H24N4O7S2/c35-30(21-33(28-15-6-7-16-29(28)34(36)37)43(40,41)25-11-2-1-3-12-25)31-23-17-19-24(20-18-23)42(38,39)32-27-14-8-10-22-9-4-5-13-26(22)27/h1-20,32H,21H2,(H,31,35). The number of benzene rings is 5. The summed E-state index contributed by atoms with van der Waals surface area (Å²) >= 11 is 0. The molecule has 2 N–H and O–H groups in total. The van der Waals surface area contributed by atoms with Crippen LogP contribution in [-0.4, -0.2) is 34.2 Å². The van der Waals surface area contributed by atoms with Gasteiger partial charge in [0, 0.05) is 17.1 Å². The van der Waals surface area contributed by atoms with Gasteiger partial charge in [-0.3, -0.25) is 19.6 Å². The Kier molecular flexibility index (Phi) is 8.10. The average molecular weight is 617 g/mol. The molecule has 0 aromatic heterocycles. The topological polar surface area (TPSA) is 156 Å². The first kappa shape index (κ1) is 29.2. The Morgan fingerprint density at radius 1 is 0.721 bits per heavy atom. The molecule has 218 valence electrons. The second-order valence-corrected chi connectivity index (χ2v) is 12.8. The van der Waals surface area contributed by atoms with Gasteiger partial charge in [0.05, 0.1) is 20.4 Å². The summed E-state index contributed by atoms with van der Waals surface area (Å²) in [6.07, 6.45) is 0. The fourth-order valence-electron chi connectivity index (χ4n) is 4.42. The highest BCUT2D eigenvalue weighted by atomic mass is 32.2. The van der Waals surface area contributed by atoms with Gasteiger partial charge in [-0.1, -0.05) is 66.7 Å². The highest BCUT2D eigenvalue weighted by Gasteiger charge is 2.32. The first-order valence-electron chi connectivity index (χ1n) is 12.8.